The molecule has 0 radical (unpaired) electrons. The first-order chi connectivity index (χ1) is 16.7. The van der Waals surface area contributed by atoms with E-state index in [0.717, 1.165) is 23.3 Å². The van der Waals surface area contributed by atoms with E-state index in [1.807, 2.05) is 42.8 Å². The molecule has 4 N–H and O–H groups in total. The molecule has 1 saturated carbocycles. The lowest BCUT2D eigenvalue weighted by Crippen LogP contribution is -2.27. The van der Waals surface area contributed by atoms with Gasteiger partial charge < -0.3 is 19.7 Å². The first-order valence-corrected chi connectivity index (χ1v) is 13.3. The van der Waals surface area contributed by atoms with E-state index >= 15 is 0 Å². The highest BCUT2D eigenvalue weighted by molar-refractivity contribution is 7.84. The van der Waals surface area contributed by atoms with Crippen molar-refractivity contribution in [2.45, 2.75) is 63.5 Å². The highest BCUT2D eigenvalue weighted by atomic mass is 32.2. The number of aliphatic hydroxyl groups excluding tert-OH is 1. The summed E-state index contributed by atoms with van der Waals surface area (Å²) in [6, 6.07) is 10.2. The van der Waals surface area contributed by atoms with Gasteiger partial charge in [-0.2, -0.15) is 8.42 Å². The molecular weight excluding hydrogens is 470 g/mol. The molecule has 2 aromatic heterocycles. The van der Waals surface area contributed by atoms with E-state index in [4.69, 9.17) is 14.1 Å². The molecular formula is C24H31N5O5S. The Hall–Kier alpha value is -2.57. The average molecular weight is 502 g/mol. The van der Waals surface area contributed by atoms with Crippen molar-refractivity contribution in [2.75, 3.05) is 11.9 Å². The molecule has 0 spiro atoms. The molecule has 188 valence electrons. The van der Waals surface area contributed by atoms with E-state index in [-0.39, 0.29) is 36.8 Å². The van der Waals surface area contributed by atoms with Crippen molar-refractivity contribution in [3.63, 3.8) is 0 Å². The first kappa shape index (κ1) is 24.1. The zero-order valence-corrected chi connectivity index (χ0v) is 20.6. The number of aliphatic hydroxyl groups is 1. The molecule has 3 aromatic rings. The largest absolute Gasteiger partial charge is 0.393 e. The lowest BCUT2D eigenvalue weighted by Gasteiger charge is -2.25. The fourth-order valence-electron chi connectivity index (χ4n) is 5.40. The minimum absolute atomic E-state index is 0.0101. The lowest BCUT2D eigenvalue weighted by atomic mass is 10.1. The zero-order chi connectivity index (χ0) is 24.7. The van der Waals surface area contributed by atoms with Gasteiger partial charge in [0, 0.05) is 24.6 Å². The van der Waals surface area contributed by atoms with Crippen molar-refractivity contribution in [2.24, 2.45) is 11.1 Å². The van der Waals surface area contributed by atoms with Crippen molar-refractivity contribution >= 4 is 27.2 Å². The van der Waals surface area contributed by atoms with E-state index in [1.54, 1.807) is 0 Å². The Kier molecular flexibility index (Phi) is 6.53. The van der Waals surface area contributed by atoms with Gasteiger partial charge in [0.15, 0.2) is 0 Å². The predicted molar refractivity (Wildman–Crippen MR) is 131 cm³/mol. The van der Waals surface area contributed by atoms with Crippen LogP contribution in [0, 0.1) is 5.92 Å². The molecule has 5 atom stereocenters. The Balaban J connectivity index is 1.39. The molecule has 2 aliphatic carbocycles. The van der Waals surface area contributed by atoms with Gasteiger partial charge in [-0.25, -0.2) is 15.1 Å². The third-order valence-electron chi connectivity index (χ3n) is 6.90. The number of hydrogen-bond acceptors (Lipinski definition) is 8. The number of nitrogens with zero attached hydrogens (tertiary/aromatic N) is 3. The summed E-state index contributed by atoms with van der Waals surface area (Å²) >= 11 is 0. The summed E-state index contributed by atoms with van der Waals surface area (Å²) < 4.78 is 35.3. The van der Waals surface area contributed by atoms with E-state index in [1.165, 1.54) is 17.5 Å². The van der Waals surface area contributed by atoms with Crippen LogP contribution in [-0.2, 0) is 25.6 Å². The minimum atomic E-state index is -4.05. The van der Waals surface area contributed by atoms with Crippen molar-refractivity contribution < 1.29 is 22.4 Å². The minimum Gasteiger partial charge on any atom is -0.393 e. The standard InChI is InChI=1S/C24H31N5O5S/c1-14(2)34-21-10-15-5-3-4-6-18(15)22(21)28-23-19-7-8-29(24(19)27-13-26-23)17-9-16(20(30)11-17)12-33-35(25,31)32/h3-8,13-14,16-17,20-22,30H,9-12H2,1-2H3,(H2,25,31,32)(H,26,27,28)/t16-,17+,20-,21-,22+/m0/s1. The highest BCUT2D eigenvalue weighted by Gasteiger charge is 2.37. The molecule has 35 heavy (non-hydrogen) atoms. The fraction of sp³-hybridized carbons (Fsp3) is 0.500. The molecule has 1 aromatic carbocycles. The van der Waals surface area contributed by atoms with Crippen LogP contribution in [0.5, 0.6) is 0 Å². The van der Waals surface area contributed by atoms with Crippen LogP contribution in [0.3, 0.4) is 0 Å². The van der Waals surface area contributed by atoms with Gasteiger partial charge in [-0.3, -0.25) is 4.18 Å². The van der Waals surface area contributed by atoms with Crippen molar-refractivity contribution in [3.05, 3.63) is 54.0 Å². The smallest absolute Gasteiger partial charge is 0.333 e. The second-order valence-corrected chi connectivity index (χ2v) is 10.9. The number of aromatic nitrogens is 3. The van der Waals surface area contributed by atoms with Crippen molar-refractivity contribution in [3.8, 4) is 0 Å². The van der Waals surface area contributed by atoms with Gasteiger partial charge in [-0.1, -0.05) is 24.3 Å². The molecule has 0 amide bonds. The number of nitrogens with one attached hydrogen (secondary N) is 1. The monoisotopic (exact) mass is 501 g/mol. The number of nitrogens with two attached hydrogens (primary N) is 1. The summed E-state index contributed by atoms with van der Waals surface area (Å²) in [5, 5.41) is 19.9. The van der Waals surface area contributed by atoms with Crippen LogP contribution in [0.15, 0.2) is 42.9 Å². The summed E-state index contributed by atoms with van der Waals surface area (Å²) in [5.41, 5.74) is 3.23. The maximum atomic E-state index is 11.2. The first-order valence-electron chi connectivity index (χ1n) is 11.9. The van der Waals surface area contributed by atoms with Crippen LogP contribution < -0.4 is 10.5 Å². The Labute approximate surface area is 204 Å². The van der Waals surface area contributed by atoms with Crippen LogP contribution in [0.4, 0.5) is 5.82 Å². The van der Waals surface area contributed by atoms with Crippen molar-refractivity contribution in [1.82, 2.24) is 14.5 Å². The lowest BCUT2D eigenvalue weighted by molar-refractivity contribution is 0.00375. The summed E-state index contributed by atoms with van der Waals surface area (Å²) in [5.74, 6) is 0.389. The van der Waals surface area contributed by atoms with Gasteiger partial charge in [-0.15, -0.1) is 0 Å². The maximum absolute atomic E-state index is 11.2. The summed E-state index contributed by atoms with van der Waals surface area (Å²) in [4.78, 5) is 9.06. The second-order valence-electron chi connectivity index (χ2n) is 9.66. The molecule has 10 nitrogen and oxygen atoms in total. The number of ether oxygens (including phenoxy) is 1. The van der Waals surface area contributed by atoms with Gasteiger partial charge in [0.05, 0.1) is 36.3 Å². The van der Waals surface area contributed by atoms with Crippen LogP contribution in [0.25, 0.3) is 11.0 Å². The topological polar surface area (TPSA) is 142 Å². The molecule has 2 aliphatic rings. The van der Waals surface area contributed by atoms with Gasteiger partial charge in [-0.05, 0) is 43.9 Å². The van der Waals surface area contributed by atoms with Gasteiger partial charge in [0.2, 0.25) is 0 Å². The Morgan fingerprint density at radius 2 is 2.03 bits per heavy atom. The molecule has 5 rings (SSSR count). The molecule has 0 saturated heterocycles. The number of hydrogen-bond donors (Lipinski definition) is 3. The van der Waals surface area contributed by atoms with E-state index < -0.39 is 16.4 Å². The third-order valence-corrected chi connectivity index (χ3v) is 7.37. The van der Waals surface area contributed by atoms with Crippen molar-refractivity contribution in [1.29, 1.82) is 0 Å². The van der Waals surface area contributed by atoms with Crippen LogP contribution in [0.2, 0.25) is 0 Å². The Bertz CT molecular complexity index is 1310. The zero-order valence-electron chi connectivity index (χ0n) is 19.7. The number of fused-ring (bicyclic) bond motifs is 2. The maximum Gasteiger partial charge on any atom is 0.333 e. The Morgan fingerprint density at radius 3 is 2.80 bits per heavy atom. The van der Waals surface area contributed by atoms with Gasteiger partial charge in [0.1, 0.15) is 17.8 Å². The molecule has 0 aliphatic heterocycles. The van der Waals surface area contributed by atoms with E-state index in [2.05, 4.69) is 27.4 Å². The number of anilines is 1. The van der Waals surface area contributed by atoms with Gasteiger partial charge in [0.25, 0.3) is 0 Å². The second kappa shape index (κ2) is 9.47. The summed E-state index contributed by atoms with van der Waals surface area (Å²) in [6.07, 6.45) is 4.73. The van der Waals surface area contributed by atoms with Crippen LogP contribution in [-0.4, -0.2) is 53.0 Å². The third kappa shape index (κ3) is 5.05. The van der Waals surface area contributed by atoms with Crippen LogP contribution >= 0.6 is 0 Å². The van der Waals surface area contributed by atoms with E-state index in [0.29, 0.717) is 12.8 Å². The molecule has 0 unspecified atom stereocenters. The Morgan fingerprint density at radius 1 is 1.23 bits per heavy atom. The summed E-state index contributed by atoms with van der Waals surface area (Å²) in [7, 11) is -4.05. The molecule has 11 heteroatoms. The molecule has 2 heterocycles. The number of benzene rings is 1. The normalized spacial score (nSPS) is 26.5. The summed E-state index contributed by atoms with van der Waals surface area (Å²) in [6.45, 7) is 3.94. The number of rotatable bonds is 8. The predicted octanol–water partition coefficient (Wildman–Crippen LogP) is 2.47. The quantitative estimate of drug-likeness (QED) is 0.427. The molecule has 1 fully saturated rings. The van der Waals surface area contributed by atoms with E-state index in [9.17, 15) is 13.5 Å². The van der Waals surface area contributed by atoms with Gasteiger partial charge >= 0.3 is 10.3 Å². The highest BCUT2D eigenvalue weighted by Crippen LogP contribution is 2.40. The van der Waals surface area contributed by atoms with Crippen LogP contribution in [0.1, 0.15) is 49.9 Å². The SMILES string of the molecule is CC(C)O[C@H]1Cc2ccccc2[C@H]1Nc1ncnc2c1ccn2[C@@H]1C[C@@H](COS(N)(=O)=O)[C@@H](O)C1. The average Bonchev–Trinajstić information content (AvgIpc) is 3.47. The molecule has 0 bridgehead atoms. The fourth-order valence-corrected chi connectivity index (χ4v) is 5.76.